The van der Waals surface area contributed by atoms with E-state index in [1.165, 1.54) is 79.6 Å². The molecule has 0 radical (unpaired) electrons. The number of nitro benzene ring substituents is 2. The van der Waals surface area contributed by atoms with Crippen molar-refractivity contribution in [2.24, 2.45) is 0 Å². The summed E-state index contributed by atoms with van der Waals surface area (Å²) in [5.41, 5.74) is 0.419. The largest absolute Gasteiger partial charge is 0.493 e. The van der Waals surface area contributed by atoms with Gasteiger partial charge in [0.05, 0.1) is 27.5 Å². The fourth-order valence-electron chi connectivity index (χ4n) is 3.54. The van der Waals surface area contributed by atoms with E-state index in [9.17, 15) is 33.4 Å². The highest BCUT2D eigenvalue weighted by Crippen LogP contribution is 2.38. The minimum Gasteiger partial charge on any atom is -0.493 e. The Morgan fingerprint density at radius 2 is 1.74 bits per heavy atom. The van der Waals surface area contributed by atoms with Crippen molar-refractivity contribution in [3.8, 4) is 11.5 Å². The van der Waals surface area contributed by atoms with E-state index >= 15 is 0 Å². The van der Waals surface area contributed by atoms with Crippen molar-refractivity contribution in [2.45, 2.75) is 11.8 Å². The number of ether oxygens (including phenoxy) is 1. The third-order valence-corrected chi connectivity index (χ3v) is 7.98. The first-order valence-electron chi connectivity index (χ1n) is 10.8. The highest BCUT2D eigenvalue weighted by Gasteiger charge is 2.34. The number of hydrogen-bond acceptors (Lipinski definition) is 11. The van der Waals surface area contributed by atoms with Crippen LogP contribution in [-0.2, 0) is 14.9 Å². The summed E-state index contributed by atoms with van der Waals surface area (Å²) in [6, 6.07) is 13.1. The number of hydrogen-bond donors (Lipinski definition) is 0. The van der Waals surface area contributed by atoms with Crippen LogP contribution in [0, 0.1) is 27.2 Å². The van der Waals surface area contributed by atoms with Gasteiger partial charge < -0.3 is 8.92 Å². The van der Waals surface area contributed by atoms with Crippen molar-refractivity contribution in [1.29, 1.82) is 0 Å². The fourth-order valence-corrected chi connectivity index (χ4v) is 5.80. The van der Waals surface area contributed by atoms with E-state index < -0.39 is 30.8 Å². The lowest BCUT2D eigenvalue weighted by atomic mass is 10.2. The monoisotopic (exact) mass is 587 g/mol. The molecule has 0 unspecified atom stereocenters. The third-order valence-electron chi connectivity index (χ3n) is 5.44. The number of rotatable bonds is 8. The van der Waals surface area contributed by atoms with Gasteiger partial charge in [0.2, 0.25) is 0 Å². The number of carbonyl (C=O) groups is 1. The molecular weight excluding hydrogens is 570 g/mol. The summed E-state index contributed by atoms with van der Waals surface area (Å²) in [4.78, 5) is 35.1. The molecule has 0 bridgehead atoms. The zero-order valence-corrected chi connectivity index (χ0v) is 22.5. The molecule has 1 aliphatic rings. The van der Waals surface area contributed by atoms with Crippen LogP contribution >= 0.6 is 24.0 Å². The number of carbonyl (C=O) groups excluding carboxylic acids is 1. The predicted octanol–water partition coefficient (Wildman–Crippen LogP) is 4.99. The second kappa shape index (κ2) is 10.8. The molecule has 0 saturated carbocycles. The Labute approximate surface area is 231 Å². The molecule has 1 heterocycles. The Bertz CT molecular complexity index is 1690. The van der Waals surface area contributed by atoms with E-state index in [0.717, 1.165) is 17.8 Å². The minimum atomic E-state index is -4.45. The first-order chi connectivity index (χ1) is 18.4. The van der Waals surface area contributed by atoms with Crippen molar-refractivity contribution in [2.75, 3.05) is 12.0 Å². The van der Waals surface area contributed by atoms with Crippen LogP contribution in [-0.4, -0.2) is 35.6 Å². The zero-order chi connectivity index (χ0) is 28.5. The van der Waals surface area contributed by atoms with Crippen molar-refractivity contribution in [1.82, 2.24) is 0 Å². The van der Waals surface area contributed by atoms with E-state index in [1.54, 1.807) is 0 Å². The molecule has 39 heavy (non-hydrogen) atoms. The summed E-state index contributed by atoms with van der Waals surface area (Å²) in [5, 5.41) is 22.3. The van der Waals surface area contributed by atoms with Crippen LogP contribution in [0.1, 0.15) is 11.1 Å². The SMILES string of the molecule is COc1cc(/C=C2/SC(=S)N(c3cccc([N+](=O)[O-])c3)C2=O)ccc1OS(=O)(=O)c1ccc(C)c([N+](=O)[O-])c1. The first-order valence-corrected chi connectivity index (χ1v) is 13.4. The standard InChI is InChI=1S/C24H17N3O9S3/c1-14-6-8-18(13-19(14)27(31)32)39(33,34)36-20-9-7-15(10-21(20)35-2)11-22-23(28)25(24(37)38-22)16-4-3-5-17(12-16)26(29)30/h3-13H,1-2H3/b22-11+. The van der Waals surface area contributed by atoms with Gasteiger partial charge in [-0.1, -0.05) is 42.2 Å². The predicted molar refractivity (Wildman–Crippen MR) is 147 cm³/mol. The van der Waals surface area contributed by atoms with E-state index in [0.29, 0.717) is 5.56 Å². The lowest BCUT2D eigenvalue weighted by Gasteiger charge is -2.14. The maximum atomic E-state index is 13.1. The molecule has 1 amide bonds. The zero-order valence-electron chi connectivity index (χ0n) is 20.1. The van der Waals surface area contributed by atoms with Crippen molar-refractivity contribution in [3.05, 3.63) is 96.9 Å². The number of methoxy groups -OCH3 is 1. The van der Waals surface area contributed by atoms with E-state index in [1.807, 2.05) is 0 Å². The Morgan fingerprint density at radius 1 is 1.00 bits per heavy atom. The number of thioether (sulfide) groups is 1. The van der Waals surface area contributed by atoms with Gasteiger partial charge in [0.15, 0.2) is 15.8 Å². The average molecular weight is 588 g/mol. The molecule has 0 spiro atoms. The Kier molecular flexibility index (Phi) is 7.67. The van der Waals surface area contributed by atoms with Gasteiger partial charge in [-0.3, -0.25) is 29.9 Å². The molecule has 15 heteroatoms. The van der Waals surface area contributed by atoms with Crippen LogP contribution in [0.25, 0.3) is 6.08 Å². The van der Waals surface area contributed by atoms with Crippen LogP contribution in [0.2, 0.25) is 0 Å². The molecule has 0 N–H and O–H groups in total. The maximum absolute atomic E-state index is 13.1. The van der Waals surface area contributed by atoms with E-state index in [2.05, 4.69) is 0 Å². The molecule has 1 aliphatic heterocycles. The van der Waals surface area contributed by atoms with Gasteiger partial charge in [-0.05, 0) is 42.8 Å². The quantitative estimate of drug-likeness (QED) is 0.115. The lowest BCUT2D eigenvalue weighted by molar-refractivity contribution is -0.385. The normalized spacial score (nSPS) is 14.5. The smallest absolute Gasteiger partial charge is 0.339 e. The molecule has 4 rings (SSSR count). The van der Waals surface area contributed by atoms with Gasteiger partial charge >= 0.3 is 10.1 Å². The minimum absolute atomic E-state index is 0.0168. The van der Waals surface area contributed by atoms with Gasteiger partial charge in [-0.15, -0.1) is 0 Å². The molecule has 200 valence electrons. The number of aryl methyl sites for hydroxylation is 1. The van der Waals surface area contributed by atoms with Crippen LogP contribution in [0.5, 0.6) is 11.5 Å². The number of thiocarbonyl (C=S) groups is 1. The molecule has 0 aromatic heterocycles. The van der Waals surface area contributed by atoms with Crippen LogP contribution in [0.3, 0.4) is 0 Å². The molecule has 1 saturated heterocycles. The van der Waals surface area contributed by atoms with Gasteiger partial charge in [-0.25, -0.2) is 0 Å². The van der Waals surface area contributed by atoms with Crippen molar-refractivity contribution in [3.63, 3.8) is 0 Å². The van der Waals surface area contributed by atoms with E-state index in [-0.39, 0.29) is 43.4 Å². The second-order valence-corrected chi connectivity index (χ2v) is 11.2. The molecule has 1 fully saturated rings. The number of anilines is 1. The first kappa shape index (κ1) is 27.7. The van der Waals surface area contributed by atoms with Gasteiger partial charge in [-0.2, -0.15) is 8.42 Å². The second-order valence-electron chi connectivity index (χ2n) is 7.95. The molecule has 3 aromatic carbocycles. The number of nitrogens with zero attached hydrogens (tertiary/aromatic N) is 3. The van der Waals surface area contributed by atoms with Crippen molar-refractivity contribution >= 4 is 67.5 Å². The maximum Gasteiger partial charge on any atom is 0.339 e. The van der Waals surface area contributed by atoms with Crippen LogP contribution < -0.4 is 13.8 Å². The summed E-state index contributed by atoms with van der Waals surface area (Å²) in [7, 11) is -3.16. The summed E-state index contributed by atoms with van der Waals surface area (Å²) >= 11 is 6.31. The summed E-state index contributed by atoms with van der Waals surface area (Å²) in [6.07, 6.45) is 1.50. The average Bonchev–Trinajstić information content (AvgIpc) is 3.16. The Morgan fingerprint density at radius 3 is 2.41 bits per heavy atom. The number of non-ortho nitro benzene ring substituents is 1. The molecular formula is C24H17N3O9S3. The van der Waals surface area contributed by atoms with Gasteiger partial charge in [0.1, 0.15) is 4.90 Å². The highest BCUT2D eigenvalue weighted by molar-refractivity contribution is 8.27. The van der Waals surface area contributed by atoms with Crippen LogP contribution in [0.4, 0.5) is 17.1 Å². The summed E-state index contributed by atoms with van der Waals surface area (Å²) in [6.45, 7) is 1.48. The molecule has 12 nitrogen and oxygen atoms in total. The van der Waals surface area contributed by atoms with Gasteiger partial charge in [0, 0.05) is 23.8 Å². The highest BCUT2D eigenvalue weighted by atomic mass is 32.2. The van der Waals surface area contributed by atoms with Crippen LogP contribution in [0.15, 0.2) is 70.5 Å². The summed E-state index contributed by atoms with van der Waals surface area (Å²) in [5.74, 6) is -0.654. The third kappa shape index (κ3) is 5.74. The lowest BCUT2D eigenvalue weighted by Crippen LogP contribution is -2.27. The van der Waals surface area contributed by atoms with Crippen molar-refractivity contribution < 1.29 is 32.0 Å². The number of nitro groups is 2. The number of benzene rings is 3. The van der Waals surface area contributed by atoms with Gasteiger partial charge in [0.25, 0.3) is 17.3 Å². The van der Waals surface area contributed by atoms with E-state index in [4.69, 9.17) is 21.1 Å². The molecule has 0 atom stereocenters. The summed E-state index contributed by atoms with van der Waals surface area (Å²) < 4.78 is 36.3. The molecule has 0 aliphatic carbocycles. The Balaban J connectivity index is 1.61. The Hall–Kier alpha value is -4.34. The molecule has 3 aromatic rings. The fraction of sp³-hybridized carbons (Fsp3) is 0.0833. The topological polar surface area (TPSA) is 159 Å². The number of amides is 1.